The van der Waals surface area contributed by atoms with Gasteiger partial charge in [-0.25, -0.2) is 0 Å². The molecule has 0 spiro atoms. The molecule has 20 heavy (non-hydrogen) atoms. The minimum atomic E-state index is -0.270. The molecule has 0 bridgehead atoms. The van der Waals surface area contributed by atoms with Gasteiger partial charge in [0.2, 0.25) is 5.78 Å². The van der Waals surface area contributed by atoms with Gasteiger partial charge >= 0.3 is 0 Å². The van der Waals surface area contributed by atoms with Crippen molar-refractivity contribution in [3.63, 3.8) is 0 Å². The van der Waals surface area contributed by atoms with Crippen LogP contribution in [0.3, 0.4) is 0 Å². The van der Waals surface area contributed by atoms with Crippen LogP contribution < -0.4 is 5.32 Å². The number of rotatable bonds is 5. The summed E-state index contributed by atoms with van der Waals surface area (Å²) in [6.45, 7) is 0.577. The number of benzene rings is 2. The maximum absolute atomic E-state index is 12.1. The van der Waals surface area contributed by atoms with E-state index in [0.29, 0.717) is 12.1 Å². The summed E-state index contributed by atoms with van der Waals surface area (Å²) in [5.41, 5.74) is 1.71. The highest BCUT2D eigenvalue weighted by molar-refractivity contribution is 6.11. The Labute approximate surface area is 118 Å². The first-order valence-corrected chi connectivity index (χ1v) is 6.28. The third kappa shape index (κ3) is 3.56. The van der Waals surface area contributed by atoms with Crippen LogP contribution in [0.5, 0.6) is 0 Å². The van der Waals surface area contributed by atoms with Crippen LogP contribution in [-0.2, 0) is 6.54 Å². The fourth-order valence-electron chi connectivity index (χ4n) is 1.76. The van der Waals surface area contributed by atoms with Gasteiger partial charge < -0.3 is 5.32 Å². The van der Waals surface area contributed by atoms with E-state index in [-0.39, 0.29) is 11.4 Å². The molecule has 3 heteroatoms. The Morgan fingerprint density at radius 3 is 2.25 bits per heavy atom. The number of hydrogen-bond acceptors (Lipinski definition) is 3. The predicted octanol–water partition coefficient (Wildman–Crippen LogP) is 3.07. The second kappa shape index (κ2) is 6.91. The van der Waals surface area contributed by atoms with Gasteiger partial charge in [-0.15, -0.1) is 0 Å². The first kappa shape index (κ1) is 13.6. The molecule has 0 fully saturated rings. The number of ketones is 1. The topological polar surface area (TPSA) is 52.9 Å². The molecule has 0 aromatic heterocycles. The zero-order chi connectivity index (χ0) is 14.2. The summed E-state index contributed by atoms with van der Waals surface area (Å²) < 4.78 is 0. The van der Waals surface area contributed by atoms with Gasteiger partial charge in [-0.3, -0.25) is 4.79 Å². The van der Waals surface area contributed by atoms with E-state index in [0.717, 1.165) is 5.56 Å². The fourth-order valence-corrected chi connectivity index (χ4v) is 1.76. The Hall–Kier alpha value is -2.86. The zero-order valence-electron chi connectivity index (χ0n) is 10.9. The Morgan fingerprint density at radius 2 is 1.65 bits per heavy atom. The summed E-state index contributed by atoms with van der Waals surface area (Å²) in [6.07, 6.45) is 1.47. The van der Waals surface area contributed by atoms with Crippen LogP contribution in [0.1, 0.15) is 15.9 Å². The molecule has 0 amide bonds. The van der Waals surface area contributed by atoms with Crippen LogP contribution >= 0.6 is 0 Å². The Morgan fingerprint density at radius 1 is 1.05 bits per heavy atom. The van der Waals surface area contributed by atoms with Crippen LogP contribution in [0.2, 0.25) is 0 Å². The van der Waals surface area contributed by atoms with Crippen LogP contribution in [0.4, 0.5) is 0 Å². The number of nitrogens with zero attached hydrogens (tertiary/aromatic N) is 1. The molecule has 1 N–H and O–H groups in total. The molecule has 2 aromatic rings. The van der Waals surface area contributed by atoms with E-state index in [2.05, 4.69) is 5.32 Å². The van der Waals surface area contributed by atoms with E-state index in [1.165, 1.54) is 6.20 Å². The Balaban J connectivity index is 2.03. The molecular weight excluding hydrogens is 248 g/mol. The number of nitriles is 1. The normalized spacial score (nSPS) is 10.7. The van der Waals surface area contributed by atoms with Crippen molar-refractivity contribution >= 4 is 5.78 Å². The quantitative estimate of drug-likeness (QED) is 0.512. The maximum Gasteiger partial charge on any atom is 0.205 e. The Bertz CT molecular complexity index is 640. The minimum Gasteiger partial charge on any atom is -0.386 e. The molecule has 98 valence electrons. The molecule has 3 nitrogen and oxygen atoms in total. The monoisotopic (exact) mass is 262 g/mol. The van der Waals surface area contributed by atoms with Gasteiger partial charge in [0.15, 0.2) is 0 Å². The van der Waals surface area contributed by atoms with Crippen molar-refractivity contribution in [2.45, 2.75) is 6.54 Å². The number of carbonyl (C=O) groups excluding carboxylic acids is 1. The average molecular weight is 262 g/mol. The van der Waals surface area contributed by atoms with Gasteiger partial charge in [0.25, 0.3) is 0 Å². The van der Waals surface area contributed by atoms with Crippen molar-refractivity contribution in [1.82, 2.24) is 5.32 Å². The molecule has 0 aliphatic heterocycles. The van der Waals surface area contributed by atoms with Crippen molar-refractivity contribution in [3.05, 3.63) is 83.6 Å². The van der Waals surface area contributed by atoms with Crippen molar-refractivity contribution in [3.8, 4) is 6.07 Å². The summed E-state index contributed by atoms with van der Waals surface area (Å²) in [5.74, 6) is -0.270. The van der Waals surface area contributed by atoms with Gasteiger partial charge in [0, 0.05) is 18.3 Å². The van der Waals surface area contributed by atoms with Crippen LogP contribution in [0, 0.1) is 11.3 Å². The molecule has 0 atom stereocenters. The van der Waals surface area contributed by atoms with Crippen molar-refractivity contribution < 1.29 is 4.79 Å². The third-order valence-corrected chi connectivity index (χ3v) is 2.80. The first-order valence-electron chi connectivity index (χ1n) is 6.28. The number of Topliss-reactive ketones (excluding diaryl/α,β-unsaturated/α-hetero) is 1. The number of hydrogen-bond donors (Lipinski definition) is 1. The van der Waals surface area contributed by atoms with Gasteiger partial charge in [-0.05, 0) is 5.56 Å². The second-order valence-corrected chi connectivity index (χ2v) is 4.23. The van der Waals surface area contributed by atoms with E-state index in [1.54, 1.807) is 24.3 Å². The van der Waals surface area contributed by atoms with E-state index < -0.39 is 0 Å². The van der Waals surface area contributed by atoms with Gasteiger partial charge in [0.05, 0.1) is 0 Å². The number of allylic oxidation sites excluding steroid dienone is 1. The lowest BCUT2D eigenvalue weighted by molar-refractivity contribution is 0.103. The first-order chi connectivity index (χ1) is 9.81. The Kier molecular flexibility index (Phi) is 4.69. The average Bonchev–Trinajstić information content (AvgIpc) is 2.53. The lowest BCUT2D eigenvalue weighted by Gasteiger charge is -2.02. The highest BCUT2D eigenvalue weighted by Gasteiger charge is 2.10. The largest absolute Gasteiger partial charge is 0.386 e. The fraction of sp³-hybridized carbons (Fsp3) is 0.0588. The SMILES string of the molecule is N#C/C(=C\NCc1ccccc1)C(=O)c1ccccc1. The molecule has 0 saturated heterocycles. The van der Waals surface area contributed by atoms with Crippen molar-refractivity contribution in [1.29, 1.82) is 5.26 Å². The standard InChI is InChI=1S/C17H14N2O/c18-11-16(17(20)15-9-5-2-6-10-15)13-19-12-14-7-3-1-4-8-14/h1-10,13,19H,12H2/b16-13+. The zero-order valence-corrected chi connectivity index (χ0v) is 10.9. The highest BCUT2D eigenvalue weighted by Crippen LogP contribution is 2.07. The predicted molar refractivity (Wildman–Crippen MR) is 77.8 cm³/mol. The molecular formula is C17H14N2O. The smallest absolute Gasteiger partial charge is 0.205 e. The third-order valence-electron chi connectivity index (χ3n) is 2.80. The van der Waals surface area contributed by atoms with Crippen molar-refractivity contribution in [2.24, 2.45) is 0 Å². The van der Waals surface area contributed by atoms with E-state index >= 15 is 0 Å². The highest BCUT2D eigenvalue weighted by atomic mass is 16.1. The van der Waals surface area contributed by atoms with Gasteiger partial charge in [-0.1, -0.05) is 60.7 Å². The van der Waals surface area contributed by atoms with Crippen LogP contribution in [-0.4, -0.2) is 5.78 Å². The summed E-state index contributed by atoms with van der Waals surface area (Å²) in [7, 11) is 0. The molecule has 0 aliphatic carbocycles. The number of carbonyl (C=O) groups is 1. The summed E-state index contributed by atoms with van der Waals surface area (Å²) in [4.78, 5) is 12.1. The van der Waals surface area contributed by atoms with Crippen LogP contribution in [0.25, 0.3) is 0 Å². The van der Waals surface area contributed by atoms with E-state index in [9.17, 15) is 4.79 Å². The van der Waals surface area contributed by atoms with Gasteiger partial charge in [0.1, 0.15) is 11.6 Å². The number of nitrogens with one attached hydrogen (secondary N) is 1. The molecule has 0 saturated carbocycles. The molecule has 0 radical (unpaired) electrons. The molecule has 2 aromatic carbocycles. The lowest BCUT2D eigenvalue weighted by atomic mass is 10.1. The minimum absolute atomic E-state index is 0.104. The molecule has 0 unspecified atom stereocenters. The summed E-state index contributed by atoms with van der Waals surface area (Å²) >= 11 is 0. The summed E-state index contributed by atoms with van der Waals surface area (Å²) in [6, 6.07) is 20.5. The van der Waals surface area contributed by atoms with Gasteiger partial charge in [-0.2, -0.15) is 5.26 Å². The molecule has 2 rings (SSSR count). The molecule has 0 heterocycles. The summed E-state index contributed by atoms with van der Waals surface area (Å²) in [5, 5.41) is 12.1. The molecule has 0 aliphatic rings. The van der Waals surface area contributed by atoms with Crippen molar-refractivity contribution in [2.75, 3.05) is 0 Å². The lowest BCUT2D eigenvalue weighted by Crippen LogP contribution is -2.10. The van der Waals surface area contributed by atoms with E-state index in [1.807, 2.05) is 42.5 Å². The second-order valence-electron chi connectivity index (χ2n) is 4.23. The van der Waals surface area contributed by atoms with Crippen LogP contribution in [0.15, 0.2) is 72.4 Å². The van der Waals surface area contributed by atoms with E-state index in [4.69, 9.17) is 5.26 Å². The maximum atomic E-state index is 12.1.